The van der Waals surface area contributed by atoms with Gasteiger partial charge in [0.15, 0.2) is 0 Å². The third-order valence-electron chi connectivity index (χ3n) is 3.53. The average Bonchev–Trinajstić information content (AvgIpc) is 2.43. The second kappa shape index (κ2) is 8.13. The lowest BCUT2D eigenvalue weighted by Gasteiger charge is -2.28. The highest BCUT2D eigenvalue weighted by Gasteiger charge is 2.24. The number of benzene rings is 1. The Morgan fingerprint density at radius 3 is 2.24 bits per heavy atom. The van der Waals surface area contributed by atoms with E-state index in [2.05, 4.69) is 26.1 Å². The van der Waals surface area contributed by atoms with Gasteiger partial charge in [0.2, 0.25) is 5.91 Å². The molecule has 1 rings (SSSR count). The van der Waals surface area contributed by atoms with Gasteiger partial charge in [-0.25, -0.2) is 4.39 Å². The van der Waals surface area contributed by atoms with Gasteiger partial charge in [-0.1, -0.05) is 32.9 Å². The highest BCUT2D eigenvalue weighted by Crippen LogP contribution is 2.20. The number of rotatable bonds is 7. The van der Waals surface area contributed by atoms with E-state index in [0.29, 0.717) is 5.92 Å². The van der Waals surface area contributed by atoms with Gasteiger partial charge in [0.25, 0.3) is 0 Å². The molecule has 0 heterocycles. The van der Waals surface area contributed by atoms with Gasteiger partial charge in [-0.2, -0.15) is 0 Å². The smallest absolute Gasteiger partial charge is 0.239 e. The molecule has 1 amide bonds. The molecule has 21 heavy (non-hydrogen) atoms. The van der Waals surface area contributed by atoms with Gasteiger partial charge in [-0.15, -0.1) is 0 Å². The van der Waals surface area contributed by atoms with Gasteiger partial charge in [0.1, 0.15) is 5.82 Å². The number of halogens is 1. The second-order valence-electron chi connectivity index (χ2n) is 6.09. The summed E-state index contributed by atoms with van der Waals surface area (Å²) in [6.07, 6.45) is 1.63. The van der Waals surface area contributed by atoms with Gasteiger partial charge in [0.05, 0.1) is 6.04 Å². The molecule has 0 aromatic heterocycles. The minimum atomic E-state index is -0.239. The molecule has 2 unspecified atom stereocenters. The van der Waals surface area contributed by atoms with Crippen molar-refractivity contribution in [1.29, 1.82) is 0 Å². The van der Waals surface area contributed by atoms with Crippen LogP contribution in [0.1, 0.15) is 45.2 Å². The van der Waals surface area contributed by atoms with Crippen LogP contribution < -0.4 is 5.32 Å². The molecule has 0 saturated carbocycles. The predicted octanol–water partition coefficient (Wildman–Crippen LogP) is 3.37. The van der Waals surface area contributed by atoms with Crippen molar-refractivity contribution in [3.63, 3.8) is 0 Å². The first-order valence-corrected chi connectivity index (χ1v) is 7.57. The maximum atomic E-state index is 13.0. The van der Waals surface area contributed by atoms with Crippen molar-refractivity contribution in [3.8, 4) is 0 Å². The number of amides is 1. The second-order valence-corrected chi connectivity index (χ2v) is 6.09. The van der Waals surface area contributed by atoms with Crippen LogP contribution in [0.5, 0.6) is 0 Å². The molecule has 1 aromatic rings. The molecular formula is C17H27FN2O. The Kier molecular flexibility index (Phi) is 6.82. The van der Waals surface area contributed by atoms with E-state index in [1.807, 2.05) is 0 Å². The summed E-state index contributed by atoms with van der Waals surface area (Å²) >= 11 is 0. The van der Waals surface area contributed by atoms with Crippen LogP contribution in [-0.2, 0) is 4.79 Å². The summed E-state index contributed by atoms with van der Waals surface area (Å²) in [5, 5.41) is 3.44. The summed E-state index contributed by atoms with van der Waals surface area (Å²) in [4.78, 5) is 13.9. The number of hydrogen-bond donors (Lipinski definition) is 1. The topological polar surface area (TPSA) is 32.3 Å². The van der Waals surface area contributed by atoms with E-state index in [1.54, 1.807) is 31.1 Å². The van der Waals surface area contributed by atoms with Crippen LogP contribution in [0.25, 0.3) is 0 Å². The Hall–Kier alpha value is -1.42. The molecule has 0 radical (unpaired) electrons. The lowest BCUT2D eigenvalue weighted by molar-refractivity contribution is -0.131. The Balaban J connectivity index is 2.87. The van der Waals surface area contributed by atoms with Gasteiger partial charge < -0.3 is 4.90 Å². The van der Waals surface area contributed by atoms with Gasteiger partial charge in [-0.05, 0) is 36.5 Å². The zero-order valence-electron chi connectivity index (χ0n) is 13.7. The maximum Gasteiger partial charge on any atom is 0.239 e. The Morgan fingerprint density at radius 1 is 1.24 bits per heavy atom. The fourth-order valence-electron chi connectivity index (χ4n) is 2.41. The lowest BCUT2D eigenvalue weighted by atomic mass is 9.98. The van der Waals surface area contributed by atoms with E-state index < -0.39 is 0 Å². The minimum absolute atomic E-state index is 0.0539. The van der Waals surface area contributed by atoms with Crippen LogP contribution >= 0.6 is 0 Å². The van der Waals surface area contributed by atoms with E-state index in [4.69, 9.17) is 0 Å². The number of carbonyl (C=O) groups excluding carboxylic acids is 1. The summed E-state index contributed by atoms with van der Waals surface area (Å²) in [5.41, 5.74) is 1.01. The van der Waals surface area contributed by atoms with Crippen LogP contribution in [0, 0.1) is 11.7 Å². The van der Waals surface area contributed by atoms with E-state index in [1.165, 1.54) is 12.1 Å². The highest BCUT2D eigenvalue weighted by atomic mass is 19.1. The molecule has 118 valence electrons. The lowest BCUT2D eigenvalue weighted by Crippen LogP contribution is -2.45. The average molecular weight is 294 g/mol. The van der Waals surface area contributed by atoms with Crippen molar-refractivity contribution in [2.24, 2.45) is 5.92 Å². The molecule has 0 bridgehead atoms. The van der Waals surface area contributed by atoms with Gasteiger partial charge >= 0.3 is 0 Å². The van der Waals surface area contributed by atoms with Crippen molar-refractivity contribution < 1.29 is 9.18 Å². The van der Waals surface area contributed by atoms with Crippen molar-refractivity contribution in [3.05, 3.63) is 35.6 Å². The van der Waals surface area contributed by atoms with Crippen LogP contribution in [0.3, 0.4) is 0 Å². The molecule has 0 saturated heterocycles. The fraction of sp³-hybridized carbons (Fsp3) is 0.588. The van der Waals surface area contributed by atoms with Crippen molar-refractivity contribution >= 4 is 5.91 Å². The predicted molar refractivity (Wildman–Crippen MR) is 84.5 cm³/mol. The van der Waals surface area contributed by atoms with Crippen LogP contribution in [0.4, 0.5) is 4.39 Å². The van der Waals surface area contributed by atoms with Crippen molar-refractivity contribution in [2.45, 2.75) is 45.7 Å². The molecule has 1 N–H and O–H groups in total. The highest BCUT2D eigenvalue weighted by molar-refractivity contribution is 5.81. The monoisotopic (exact) mass is 294 g/mol. The molecule has 0 aliphatic heterocycles. The van der Waals surface area contributed by atoms with Crippen LogP contribution in [-0.4, -0.2) is 30.9 Å². The fourth-order valence-corrected chi connectivity index (χ4v) is 2.41. The SMILES string of the molecule is CCC(NC(CC(C)C)C(=O)N(C)C)c1ccc(F)cc1. The molecule has 4 heteroatoms. The summed E-state index contributed by atoms with van der Waals surface area (Å²) in [5.74, 6) is 0.276. The first kappa shape index (κ1) is 17.6. The number of nitrogens with zero attached hydrogens (tertiary/aromatic N) is 1. The summed E-state index contributed by atoms with van der Waals surface area (Å²) in [6.45, 7) is 6.28. The third kappa shape index (κ3) is 5.46. The molecule has 1 aromatic carbocycles. The Bertz CT molecular complexity index is 443. The third-order valence-corrected chi connectivity index (χ3v) is 3.53. The first-order chi connectivity index (χ1) is 9.85. The Morgan fingerprint density at radius 2 is 1.81 bits per heavy atom. The van der Waals surface area contributed by atoms with E-state index >= 15 is 0 Å². The number of hydrogen-bond acceptors (Lipinski definition) is 2. The summed E-state index contributed by atoms with van der Waals surface area (Å²) in [6, 6.07) is 6.33. The first-order valence-electron chi connectivity index (χ1n) is 7.57. The van der Waals surface area contributed by atoms with E-state index in [0.717, 1.165) is 18.4 Å². The minimum Gasteiger partial charge on any atom is -0.347 e. The number of nitrogens with one attached hydrogen (secondary N) is 1. The molecule has 0 aliphatic carbocycles. The standard InChI is InChI=1S/C17H27FN2O/c1-6-15(13-7-9-14(18)10-8-13)19-16(11-12(2)3)17(21)20(4)5/h7-10,12,15-16,19H,6,11H2,1-5H3. The molecule has 3 nitrogen and oxygen atoms in total. The zero-order valence-corrected chi connectivity index (χ0v) is 13.7. The van der Waals surface area contributed by atoms with Crippen LogP contribution in [0.2, 0.25) is 0 Å². The maximum absolute atomic E-state index is 13.0. The number of carbonyl (C=O) groups is 1. The summed E-state index contributed by atoms with van der Waals surface area (Å²) in [7, 11) is 3.55. The van der Waals surface area contributed by atoms with E-state index in [-0.39, 0.29) is 23.8 Å². The van der Waals surface area contributed by atoms with Crippen molar-refractivity contribution in [1.82, 2.24) is 10.2 Å². The summed E-state index contributed by atoms with van der Waals surface area (Å²) < 4.78 is 13.0. The quantitative estimate of drug-likeness (QED) is 0.836. The zero-order chi connectivity index (χ0) is 16.0. The molecule has 0 aliphatic rings. The Labute approximate surface area is 127 Å². The van der Waals surface area contributed by atoms with Gasteiger partial charge in [0, 0.05) is 20.1 Å². The molecule has 2 atom stereocenters. The molecule has 0 spiro atoms. The van der Waals surface area contributed by atoms with E-state index in [9.17, 15) is 9.18 Å². The number of likely N-dealkylation sites (N-methyl/N-ethyl adjacent to an activating group) is 1. The van der Waals surface area contributed by atoms with Crippen molar-refractivity contribution in [2.75, 3.05) is 14.1 Å². The van der Waals surface area contributed by atoms with Gasteiger partial charge in [-0.3, -0.25) is 10.1 Å². The van der Waals surface area contributed by atoms with Crippen LogP contribution in [0.15, 0.2) is 24.3 Å². The largest absolute Gasteiger partial charge is 0.347 e. The molecule has 0 fully saturated rings. The normalized spacial score (nSPS) is 14.0. The molecular weight excluding hydrogens is 267 g/mol.